The zero-order valence-corrected chi connectivity index (χ0v) is 10.7. The molecule has 1 saturated heterocycles. The Balaban J connectivity index is 2.56. The van der Waals surface area contributed by atoms with Crippen LogP contribution in [-0.2, 0) is 0 Å². The Bertz CT molecular complexity index is 174. The van der Waals surface area contributed by atoms with Crippen LogP contribution in [0.25, 0.3) is 0 Å². The molecule has 0 nitrogen and oxygen atoms in total. The van der Waals surface area contributed by atoms with Gasteiger partial charge in [0.15, 0.2) is 0 Å². The van der Waals surface area contributed by atoms with E-state index in [4.69, 9.17) is 0 Å². The van der Waals surface area contributed by atoms with Gasteiger partial charge in [0.05, 0.1) is 0 Å². The highest BCUT2D eigenvalue weighted by Crippen LogP contribution is 2.48. The van der Waals surface area contributed by atoms with Gasteiger partial charge in [0.2, 0.25) is 0 Å². The summed E-state index contributed by atoms with van der Waals surface area (Å²) in [6.45, 7) is 9.76. The topological polar surface area (TPSA) is 0 Å². The summed E-state index contributed by atoms with van der Waals surface area (Å²) in [5.74, 6) is 0. The Hall–Kier alpha value is 0.0649. The minimum Gasteiger partial charge on any atom is -0.0668 e. The summed E-state index contributed by atoms with van der Waals surface area (Å²) in [6.07, 6.45) is 10.1. The van der Waals surface area contributed by atoms with Gasteiger partial charge in [0.1, 0.15) is 7.28 Å². The van der Waals surface area contributed by atoms with Crippen LogP contribution in [0, 0.1) is 0 Å². The summed E-state index contributed by atoms with van der Waals surface area (Å²) in [5, 5.41) is 1.25. The van der Waals surface area contributed by atoms with E-state index in [0.717, 1.165) is 0 Å². The molecule has 0 aromatic carbocycles. The molecular weight excluding hydrogens is 167 g/mol. The van der Waals surface area contributed by atoms with Crippen LogP contribution >= 0.6 is 0 Å². The van der Waals surface area contributed by atoms with Crippen molar-refractivity contribution in [1.82, 2.24) is 0 Å². The standard InChI is InChI=1S/C13H27B/c1-5-6-10-13(4)11-8-7-9-12(2,3)14-13/h14H,5-11H2,1-4H3. The summed E-state index contributed by atoms with van der Waals surface area (Å²) in [5.41, 5.74) is 0. The van der Waals surface area contributed by atoms with Gasteiger partial charge in [-0.05, 0) is 0 Å². The van der Waals surface area contributed by atoms with E-state index in [1.54, 1.807) is 0 Å². The highest BCUT2D eigenvalue weighted by atomic mass is 14.3. The average molecular weight is 194 g/mol. The van der Waals surface area contributed by atoms with Crippen molar-refractivity contribution in [3.8, 4) is 0 Å². The van der Waals surface area contributed by atoms with Crippen molar-refractivity contribution in [1.29, 1.82) is 0 Å². The minimum absolute atomic E-state index is 0.596. The van der Waals surface area contributed by atoms with Gasteiger partial charge >= 0.3 is 0 Å². The Morgan fingerprint density at radius 3 is 2.36 bits per heavy atom. The molecule has 0 bridgehead atoms. The predicted octanol–water partition coefficient (Wildman–Crippen LogP) is 4.56. The van der Waals surface area contributed by atoms with Gasteiger partial charge in [0.25, 0.3) is 0 Å². The van der Waals surface area contributed by atoms with Crippen LogP contribution in [0.1, 0.15) is 72.6 Å². The molecule has 0 aliphatic carbocycles. The predicted molar refractivity (Wildman–Crippen MR) is 67.6 cm³/mol. The SMILES string of the molecule is CCCCC1(C)BC(C)(C)CCCC1. The molecule has 0 aromatic rings. The molecule has 1 heterocycles. The van der Waals surface area contributed by atoms with Crippen molar-refractivity contribution in [3.05, 3.63) is 0 Å². The maximum absolute atomic E-state index is 2.52. The van der Waals surface area contributed by atoms with Crippen LogP contribution in [0.4, 0.5) is 0 Å². The van der Waals surface area contributed by atoms with Gasteiger partial charge in [-0.2, -0.15) is 0 Å². The fourth-order valence-corrected chi connectivity index (χ4v) is 3.30. The summed E-state index contributed by atoms with van der Waals surface area (Å²) < 4.78 is 0. The van der Waals surface area contributed by atoms with E-state index >= 15 is 0 Å². The second kappa shape index (κ2) is 4.72. The van der Waals surface area contributed by atoms with Crippen molar-refractivity contribution in [2.45, 2.75) is 83.3 Å². The van der Waals surface area contributed by atoms with E-state index in [1.165, 1.54) is 52.2 Å². The maximum Gasteiger partial charge on any atom is 0.134 e. The maximum atomic E-state index is 2.52. The lowest BCUT2D eigenvalue weighted by molar-refractivity contribution is 0.476. The van der Waals surface area contributed by atoms with Crippen LogP contribution < -0.4 is 0 Å². The normalized spacial score (nSPS) is 32.0. The Kier molecular flexibility index (Phi) is 4.09. The van der Waals surface area contributed by atoms with Gasteiger partial charge in [-0.15, -0.1) is 0 Å². The van der Waals surface area contributed by atoms with E-state index in [9.17, 15) is 0 Å². The monoisotopic (exact) mass is 194 g/mol. The van der Waals surface area contributed by atoms with Crippen molar-refractivity contribution < 1.29 is 0 Å². The van der Waals surface area contributed by atoms with Crippen LogP contribution in [-0.4, -0.2) is 7.28 Å². The number of hydrogen-bond acceptors (Lipinski definition) is 0. The van der Waals surface area contributed by atoms with Crippen LogP contribution in [0.2, 0.25) is 10.6 Å². The van der Waals surface area contributed by atoms with Gasteiger partial charge in [-0.3, -0.25) is 0 Å². The molecule has 1 heteroatoms. The molecule has 0 spiro atoms. The largest absolute Gasteiger partial charge is 0.134 e. The lowest BCUT2D eigenvalue weighted by Crippen LogP contribution is -2.24. The molecule has 0 saturated carbocycles. The van der Waals surface area contributed by atoms with E-state index in [-0.39, 0.29) is 0 Å². The first-order valence-corrected chi connectivity index (χ1v) is 6.47. The first-order chi connectivity index (χ1) is 6.47. The Morgan fingerprint density at radius 1 is 1.07 bits per heavy atom. The molecule has 0 N–H and O–H groups in total. The van der Waals surface area contributed by atoms with Crippen LogP contribution in [0.15, 0.2) is 0 Å². The lowest BCUT2D eigenvalue weighted by Gasteiger charge is -2.33. The van der Waals surface area contributed by atoms with Gasteiger partial charge in [-0.1, -0.05) is 83.3 Å². The molecule has 1 aliphatic rings. The molecule has 1 atom stereocenters. The number of hydrogen-bond donors (Lipinski definition) is 0. The molecule has 1 unspecified atom stereocenters. The van der Waals surface area contributed by atoms with Gasteiger partial charge in [0, 0.05) is 0 Å². The van der Waals surface area contributed by atoms with Crippen molar-refractivity contribution >= 4 is 7.28 Å². The number of rotatable bonds is 3. The molecule has 82 valence electrons. The Morgan fingerprint density at radius 2 is 1.71 bits per heavy atom. The minimum atomic E-state index is 0.596. The highest BCUT2D eigenvalue weighted by Gasteiger charge is 2.35. The highest BCUT2D eigenvalue weighted by molar-refractivity contribution is 6.44. The zero-order chi connectivity index (χ0) is 10.7. The van der Waals surface area contributed by atoms with E-state index in [0.29, 0.717) is 10.6 Å². The summed E-state index contributed by atoms with van der Waals surface area (Å²) in [4.78, 5) is 0. The average Bonchev–Trinajstić information content (AvgIpc) is 2.21. The third kappa shape index (κ3) is 3.67. The van der Waals surface area contributed by atoms with Crippen molar-refractivity contribution in [2.24, 2.45) is 0 Å². The van der Waals surface area contributed by atoms with Gasteiger partial charge < -0.3 is 0 Å². The zero-order valence-electron chi connectivity index (χ0n) is 10.7. The fraction of sp³-hybridized carbons (Fsp3) is 1.00. The summed E-state index contributed by atoms with van der Waals surface area (Å²) in [7, 11) is 1.44. The van der Waals surface area contributed by atoms with Gasteiger partial charge in [-0.25, -0.2) is 0 Å². The molecule has 14 heavy (non-hydrogen) atoms. The molecular formula is C13H27B. The lowest BCUT2D eigenvalue weighted by atomic mass is 9.38. The van der Waals surface area contributed by atoms with E-state index in [1.807, 2.05) is 0 Å². The molecule has 1 rings (SSSR count). The molecule has 1 aliphatic heterocycles. The third-order valence-corrected chi connectivity index (χ3v) is 3.92. The third-order valence-electron chi connectivity index (χ3n) is 3.92. The summed E-state index contributed by atoms with van der Waals surface area (Å²) >= 11 is 0. The molecule has 0 radical (unpaired) electrons. The smallest absolute Gasteiger partial charge is 0.0668 e. The first-order valence-electron chi connectivity index (χ1n) is 6.47. The molecule has 1 fully saturated rings. The second-order valence-electron chi connectivity index (χ2n) is 6.46. The van der Waals surface area contributed by atoms with Crippen LogP contribution in [0.5, 0.6) is 0 Å². The van der Waals surface area contributed by atoms with Crippen LogP contribution in [0.3, 0.4) is 0 Å². The molecule has 0 amide bonds. The first kappa shape index (κ1) is 12.1. The quantitative estimate of drug-likeness (QED) is 0.577. The molecule has 0 aromatic heterocycles. The van der Waals surface area contributed by atoms with E-state index < -0.39 is 0 Å². The van der Waals surface area contributed by atoms with Crippen molar-refractivity contribution in [2.75, 3.05) is 0 Å². The number of unbranched alkanes of at least 4 members (excludes halogenated alkanes) is 1. The second-order valence-corrected chi connectivity index (χ2v) is 6.46. The van der Waals surface area contributed by atoms with Crippen molar-refractivity contribution in [3.63, 3.8) is 0 Å². The Labute approximate surface area is 91.1 Å². The summed E-state index contributed by atoms with van der Waals surface area (Å²) in [6, 6.07) is 0. The fourth-order valence-electron chi connectivity index (χ4n) is 3.30. The van der Waals surface area contributed by atoms with E-state index in [2.05, 4.69) is 27.7 Å².